The molecule has 4 unspecified atom stereocenters. The average Bonchev–Trinajstić information content (AvgIpc) is 3.29. The van der Waals surface area contributed by atoms with Gasteiger partial charge in [0.2, 0.25) is 0 Å². The largest absolute Gasteiger partial charge is 0.393 e. The Kier molecular flexibility index (Phi) is 7.61. The SMILES string of the molecule is CC[C@@H](O)CC1CCC(C2(C)OCCO2)C1(C)[C@@H](O)CC(C)C1(C)CCC(O)CC1. The lowest BCUT2D eigenvalue weighted by Gasteiger charge is -2.49. The standard InChI is InChI=1S/C25H46O5/c1-6-19(26)16-18-7-8-21(25(5)29-13-14-30-25)24(18,4)22(28)15-17(2)23(3)11-9-20(27)10-12-23/h17-22,26-28H,6-16H2,1-5H3/t17?,18?,19-,20?,21?,22+,23?,24?/m1/s1. The minimum Gasteiger partial charge on any atom is -0.393 e. The molecule has 3 fully saturated rings. The number of rotatable bonds is 8. The molecule has 3 aliphatic rings. The minimum absolute atomic E-state index is 0.116. The number of hydrogen-bond acceptors (Lipinski definition) is 5. The second-order valence-corrected chi connectivity index (χ2v) is 11.2. The van der Waals surface area contributed by atoms with Crippen LogP contribution in [0.4, 0.5) is 0 Å². The van der Waals surface area contributed by atoms with Crippen LogP contribution in [0.15, 0.2) is 0 Å². The van der Waals surface area contributed by atoms with Crippen LogP contribution in [-0.2, 0) is 9.47 Å². The van der Waals surface area contributed by atoms with Gasteiger partial charge >= 0.3 is 0 Å². The van der Waals surface area contributed by atoms with Gasteiger partial charge in [0.25, 0.3) is 0 Å². The van der Waals surface area contributed by atoms with Gasteiger partial charge in [0.05, 0.1) is 31.5 Å². The summed E-state index contributed by atoms with van der Waals surface area (Å²) in [6, 6.07) is 0. The van der Waals surface area contributed by atoms with Crippen molar-refractivity contribution in [1.82, 2.24) is 0 Å². The summed E-state index contributed by atoms with van der Waals surface area (Å²) in [6.07, 6.45) is 6.98. The fourth-order valence-electron chi connectivity index (χ4n) is 6.83. The van der Waals surface area contributed by atoms with E-state index >= 15 is 0 Å². The highest BCUT2D eigenvalue weighted by molar-refractivity contribution is 5.05. The zero-order valence-electron chi connectivity index (χ0n) is 19.9. The molecule has 0 aromatic rings. The van der Waals surface area contributed by atoms with Crippen molar-refractivity contribution in [2.75, 3.05) is 13.2 Å². The molecule has 176 valence electrons. The molecule has 1 aliphatic heterocycles. The van der Waals surface area contributed by atoms with Crippen molar-refractivity contribution < 1.29 is 24.8 Å². The maximum Gasteiger partial charge on any atom is 0.169 e. The molecular formula is C25H46O5. The Balaban J connectivity index is 1.80. The fraction of sp³-hybridized carbons (Fsp3) is 1.00. The monoisotopic (exact) mass is 426 g/mol. The first-order valence-electron chi connectivity index (χ1n) is 12.4. The molecule has 2 saturated carbocycles. The van der Waals surface area contributed by atoms with Crippen LogP contribution >= 0.6 is 0 Å². The predicted molar refractivity (Wildman–Crippen MR) is 118 cm³/mol. The Bertz CT molecular complexity index is 552. The van der Waals surface area contributed by atoms with E-state index in [0.29, 0.717) is 19.1 Å². The van der Waals surface area contributed by atoms with Gasteiger partial charge < -0.3 is 24.8 Å². The first kappa shape index (κ1) is 24.4. The van der Waals surface area contributed by atoms with Gasteiger partial charge in [0, 0.05) is 11.3 Å². The van der Waals surface area contributed by atoms with Gasteiger partial charge in [-0.2, -0.15) is 0 Å². The minimum atomic E-state index is -0.649. The molecular weight excluding hydrogens is 380 g/mol. The molecule has 3 rings (SSSR count). The van der Waals surface area contributed by atoms with Gasteiger partial charge in [0.1, 0.15) is 0 Å². The van der Waals surface area contributed by atoms with E-state index in [0.717, 1.165) is 57.8 Å². The van der Waals surface area contributed by atoms with Gasteiger partial charge in [-0.15, -0.1) is 0 Å². The van der Waals surface area contributed by atoms with E-state index in [2.05, 4.69) is 20.8 Å². The zero-order chi connectivity index (χ0) is 22.2. The van der Waals surface area contributed by atoms with E-state index in [4.69, 9.17) is 9.47 Å². The summed E-state index contributed by atoms with van der Waals surface area (Å²) in [5, 5.41) is 32.1. The average molecular weight is 427 g/mol. The molecule has 6 atom stereocenters. The van der Waals surface area contributed by atoms with Gasteiger partial charge in [-0.05, 0) is 82.0 Å². The molecule has 5 heteroatoms. The van der Waals surface area contributed by atoms with Crippen LogP contribution in [0.3, 0.4) is 0 Å². The number of hydrogen-bond donors (Lipinski definition) is 3. The van der Waals surface area contributed by atoms with Crippen LogP contribution < -0.4 is 0 Å². The van der Waals surface area contributed by atoms with E-state index < -0.39 is 11.9 Å². The molecule has 2 aliphatic carbocycles. The second-order valence-electron chi connectivity index (χ2n) is 11.2. The highest BCUT2D eigenvalue weighted by Gasteiger charge is 2.59. The van der Waals surface area contributed by atoms with E-state index in [1.54, 1.807) is 0 Å². The van der Waals surface area contributed by atoms with Crippen molar-refractivity contribution >= 4 is 0 Å². The fourth-order valence-corrected chi connectivity index (χ4v) is 6.83. The third kappa shape index (κ3) is 4.61. The van der Waals surface area contributed by atoms with Crippen LogP contribution in [-0.4, -0.2) is 52.6 Å². The Hall–Kier alpha value is -0.200. The van der Waals surface area contributed by atoms with Crippen molar-refractivity contribution in [3.05, 3.63) is 0 Å². The lowest BCUT2D eigenvalue weighted by molar-refractivity contribution is -0.222. The van der Waals surface area contributed by atoms with Crippen molar-refractivity contribution in [2.24, 2.45) is 28.6 Å². The van der Waals surface area contributed by atoms with Crippen LogP contribution in [0, 0.1) is 28.6 Å². The van der Waals surface area contributed by atoms with E-state index in [9.17, 15) is 15.3 Å². The summed E-state index contributed by atoms with van der Waals surface area (Å²) >= 11 is 0. The van der Waals surface area contributed by atoms with Crippen LogP contribution in [0.5, 0.6) is 0 Å². The number of aliphatic hydroxyl groups is 3. The van der Waals surface area contributed by atoms with Crippen molar-refractivity contribution in [2.45, 2.75) is 117 Å². The summed E-state index contributed by atoms with van der Waals surface area (Å²) in [4.78, 5) is 0. The molecule has 1 saturated heterocycles. The van der Waals surface area contributed by atoms with E-state index in [-0.39, 0.29) is 34.9 Å². The van der Waals surface area contributed by atoms with E-state index in [1.807, 2.05) is 13.8 Å². The van der Waals surface area contributed by atoms with E-state index in [1.165, 1.54) is 0 Å². The summed E-state index contributed by atoms with van der Waals surface area (Å²) in [5.74, 6) is 0.0899. The molecule has 3 N–H and O–H groups in total. The molecule has 0 aromatic heterocycles. The van der Waals surface area contributed by atoms with Gasteiger partial charge in [-0.1, -0.05) is 27.7 Å². The zero-order valence-corrected chi connectivity index (χ0v) is 19.9. The first-order valence-corrected chi connectivity index (χ1v) is 12.4. The molecule has 1 heterocycles. The van der Waals surface area contributed by atoms with Gasteiger partial charge in [-0.25, -0.2) is 0 Å². The Morgan fingerprint density at radius 3 is 2.13 bits per heavy atom. The van der Waals surface area contributed by atoms with Crippen molar-refractivity contribution in [3.8, 4) is 0 Å². The quantitative estimate of drug-likeness (QED) is 0.540. The summed E-state index contributed by atoms with van der Waals surface area (Å²) < 4.78 is 12.2. The highest BCUT2D eigenvalue weighted by Crippen LogP contribution is 2.59. The Morgan fingerprint density at radius 2 is 1.57 bits per heavy atom. The van der Waals surface area contributed by atoms with Crippen molar-refractivity contribution in [3.63, 3.8) is 0 Å². The smallest absolute Gasteiger partial charge is 0.169 e. The molecule has 5 nitrogen and oxygen atoms in total. The second kappa shape index (κ2) is 9.35. The third-order valence-electron chi connectivity index (χ3n) is 9.54. The molecule has 0 aromatic carbocycles. The molecule has 0 bridgehead atoms. The maximum atomic E-state index is 11.7. The molecule has 0 spiro atoms. The molecule has 0 radical (unpaired) electrons. The molecule has 0 amide bonds. The Morgan fingerprint density at radius 1 is 0.967 bits per heavy atom. The lowest BCUT2D eigenvalue weighted by Crippen LogP contribution is -2.52. The predicted octanol–water partition coefficient (Wildman–Crippen LogP) is 4.27. The first-order chi connectivity index (χ1) is 14.0. The third-order valence-corrected chi connectivity index (χ3v) is 9.54. The van der Waals surface area contributed by atoms with Gasteiger partial charge in [-0.3, -0.25) is 0 Å². The van der Waals surface area contributed by atoms with Crippen LogP contribution in [0.25, 0.3) is 0 Å². The lowest BCUT2D eigenvalue weighted by atomic mass is 9.60. The summed E-state index contributed by atoms with van der Waals surface area (Å²) in [5.41, 5.74) is -0.193. The summed E-state index contributed by atoms with van der Waals surface area (Å²) in [6.45, 7) is 12.1. The maximum absolute atomic E-state index is 11.7. The van der Waals surface area contributed by atoms with Crippen molar-refractivity contribution in [1.29, 1.82) is 0 Å². The highest BCUT2D eigenvalue weighted by atomic mass is 16.7. The van der Waals surface area contributed by atoms with Crippen LogP contribution in [0.2, 0.25) is 0 Å². The topological polar surface area (TPSA) is 79.2 Å². The van der Waals surface area contributed by atoms with Gasteiger partial charge in [0.15, 0.2) is 5.79 Å². The normalized spacial score (nSPS) is 42.2. The summed E-state index contributed by atoms with van der Waals surface area (Å²) in [7, 11) is 0. The van der Waals surface area contributed by atoms with Crippen LogP contribution in [0.1, 0.15) is 92.4 Å². The number of aliphatic hydroxyl groups excluding tert-OH is 3. The molecule has 30 heavy (non-hydrogen) atoms. The number of ether oxygens (including phenoxy) is 2. The Labute approximate surface area is 183 Å².